The molecule has 1 heterocycles. The minimum Gasteiger partial charge on any atom is -0.504 e. The number of hydrogen-bond acceptors (Lipinski definition) is 9. The van der Waals surface area contributed by atoms with Gasteiger partial charge in [0.25, 0.3) is 6.47 Å². The number of allylic oxidation sites excluding steroid dienone is 1. The molecule has 42 heavy (non-hydrogen) atoms. The van der Waals surface area contributed by atoms with Gasteiger partial charge in [0.05, 0.1) is 0 Å². The highest BCUT2D eigenvalue weighted by atomic mass is 16.5. The molecule has 0 bridgehead atoms. The number of aromatic hydroxyl groups is 4. The molecule has 1 aliphatic heterocycles. The predicted octanol–water partition coefficient (Wildman–Crippen LogP) is 4.28. The average molecular weight is 588 g/mol. The van der Waals surface area contributed by atoms with Crippen LogP contribution < -0.4 is 0 Å². The van der Waals surface area contributed by atoms with E-state index in [2.05, 4.69) is 0 Å². The van der Waals surface area contributed by atoms with Gasteiger partial charge in [-0.15, -0.1) is 0 Å². The van der Waals surface area contributed by atoms with Gasteiger partial charge in [-0.2, -0.15) is 0 Å². The van der Waals surface area contributed by atoms with E-state index < -0.39 is 5.97 Å². The number of ether oxygens (including phenoxy) is 1. The average Bonchev–Trinajstić information content (AvgIpc) is 3.53. The first-order valence-corrected chi connectivity index (χ1v) is 13.5. The molecule has 0 radical (unpaired) electrons. The molecule has 2 aromatic rings. The van der Waals surface area contributed by atoms with E-state index in [4.69, 9.17) is 30.0 Å². The Bertz CT molecular complexity index is 1190. The summed E-state index contributed by atoms with van der Waals surface area (Å²) in [5.74, 6) is -0.913. The first-order valence-electron chi connectivity index (χ1n) is 13.5. The smallest absolute Gasteiger partial charge is 0.331 e. The number of phenols is 4. The third-order valence-electron chi connectivity index (χ3n) is 6.45. The molecule has 11 nitrogen and oxygen atoms in total. The maximum absolute atomic E-state index is 12.5. The van der Waals surface area contributed by atoms with Crippen molar-refractivity contribution in [1.82, 2.24) is 4.90 Å². The maximum Gasteiger partial charge on any atom is 0.331 e. The van der Waals surface area contributed by atoms with E-state index in [0.29, 0.717) is 12.0 Å². The van der Waals surface area contributed by atoms with Crippen LogP contribution in [0.4, 0.5) is 0 Å². The molecule has 6 N–H and O–H groups in total. The van der Waals surface area contributed by atoms with Crippen LogP contribution in [0.3, 0.4) is 0 Å². The summed E-state index contributed by atoms with van der Waals surface area (Å²) in [6.45, 7) is 3.34. The zero-order valence-electron chi connectivity index (χ0n) is 23.9. The number of esters is 1. The summed E-state index contributed by atoms with van der Waals surface area (Å²) in [5, 5.41) is 50.6. The maximum atomic E-state index is 12.5. The summed E-state index contributed by atoms with van der Waals surface area (Å²) in [7, 11) is 1.00. The Hall–Kier alpha value is -4.51. The second-order valence-electron chi connectivity index (χ2n) is 9.39. The normalized spacial score (nSPS) is 17.6. The van der Waals surface area contributed by atoms with Crippen LogP contribution in [0.5, 0.6) is 23.0 Å². The van der Waals surface area contributed by atoms with Crippen molar-refractivity contribution in [3.8, 4) is 23.0 Å². The van der Waals surface area contributed by atoms with E-state index >= 15 is 0 Å². The lowest BCUT2D eigenvalue weighted by Crippen LogP contribution is -2.38. The van der Waals surface area contributed by atoms with Gasteiger partial charge in [-0.3, -0.25) is 9.59 Å². The molecule has 2 unspecified atom stereocenters. The first-order chi connectivity index (χ1) is 20.2. The van der Waals surface area contributed by atoms with Gasteiger partial charge in [-0.05, 0) is 86.9 Å². The van der Waals surface area contributed by atoms with E-state index in [-0.39, 0.29) is 47.4 Å². The number of aliphatic hydroxyl groups excluding tert-OH is 1. The number of aliphatic hydroxyl groups is 1. The lowest BCUT2D eigenvalue weighted by molar-refractivity contribution is -0.148. The number of phenolic OH excluding ortho intramolecular Hbond substituents is 4. The molecule has 1 amide bonds. The summed E-state index contributed by atoms with van der Waals surface area (Å²) in [6, 6.07) is 9.01. The molecule has 2 fully saturated rings. The Kier molecular flexibility index (Phi) is 16.5. The van der Waals surface area contributed by atoms with Gasteiger partial charge in [0, 0.05) is 32.2 Å². The van der Waals surface area contributed by atoms with Crippen molar-refractivity contribution in [2.24, 2.45) is 5.92 Å². The highest BCUT2D eigenvalue weighted by Crippen LogP contribution is 2.30. The molecule has 1 aliphatic carbocycles. The van der Waals surface area contributed by atoms with Crippen molar-refractivity contribution < 1.29 is 49.8 Å². The largest absolute Gasteiger partial charge is 0.504 e. The van der Waals surface area contributed by atoms with Gasteiger partial charge < -0.3 is 40.3 Å². The van der Waals surface area contributed by atoms with Gasteiger partial charge in [0.2, 0.25) is 5.91 Å². The second-order valence-corrected chi connectivity index (χ2v) is 9.39. The lowest BCUT2D eigenvalue weighted by Gasteiger charge is -2.30. The molecular formula is C31H41NO10. The number of carbonyl (C=O) groups is 3. The number of carboxylic acid groups (broad SMARTS) is 1. The summed E-state index contributed by atoms with van der Waals surface area (Å²) >= 11 is 0. The standard InChI is InChI=1S/C20H25NO5.C9H10O2.CH2O2.CH4O/c22-17-8-6-14(12-18(17)23)7-9-19(24)26-16-5-3-4-15(13-16)20(25)21-10-1-2-11-21;1-2-3-7-4-5-8(10)9(11)6-7;2-1-3;1-2/h6-9,12,15-16,22-23H,1-5,10-11,13H2;2-6,10-11H,1H3;1H,(H,2,3);2H,1H3/b9-7+;3-2+;;. The molecule has 0 spiro atoms. The zero-order valence-corrected chi connectivity index (χ0v) is 23.9. The molecule has 230 valence electrons. The van der Waals surface area contributed by atoms with Crippen molar-refractivity contribution >= 4 is 30.5 Å². The lowest BCUT2D eigenvalue weighted by atomic mass is 9.86. The van der Waals surface area contributed by atoms with Crippen molar-refractivity contribution in [3.05, 3.63) is 59.7 Å². The summed E-state index contributed by atoms with van der Waals surface area (Å²) in [5.41, 5.74) is 1.46. The van der Waals surface area contributed by atoms with E-state index in [0.717, 1.165) is 57.9 Å². The summed E-state index contributed by atoms with van der Waals surface area (Å²) in [6.07, 6.45) is 11.6. The van der Waals surface area contributed by atoms with Crippen LogP contribution in [-0.2, 0) is 19.1 Å². The van der Waals surface area contributed by atoms with E-state index in [1.165, 1.54) is 36.4 Å². The topological polar surface area (TPSA) is 185 Å². The second kappa shape index (κ2) is 19.5. The minimum absolute atomic E-state index is 0.0438. The monoisotopic (exact) mass is 587 g/mol. The third kappa shape index (κ3) is 12.3. The Balaban J connectivity index is 0.000000458. The number of nitrogens with zero attached hydrogens (tertiary/aromatic N) is 1. The Morgan fingerprint density at radius 2 is 1.36 bits per heavy atom. The van der Waals surface area contributed by atoms with Crippen LogP contribution in [0.2, 0.25) is 0 Å². The van der Waals surface area contributed by atoms with Crippen LogP contribution in [0.15, 0.2) is 48.6 Å². The highest BCUT2D eigenvalue weighted by Gasteiger charge is 2.32. The van der Waals surface area contributed by atoms with Gasteiger partial charge >= 0.3 is 5.97 Å². The fourth-order valence-electron chi connectivity index (χ4n) is 4.52. The van der Waals surface area contributed by atoms with Crippen LogP contribution in [0, 0.1) is 5.92 Å². The molecular weight excluding hydrogens is 546 g/mol. The van der Waals surface area contributed by atoms with Crippen LogP contribution in [0.25, 0.3) is 12.2 Å². The Morgan fingerprint density at radius 3 is 1.86 bits per heavy atom. The quantitative estimate of drug-likeness (QED) is 0.128. The van der Waals surface area contributed by atoms with E-state index in [1.54, 1.807) is 12.1 Å². The SMILES string of the molecule is C/C=C/c1ccc(O)c(O)c1.CO.O=C(/C=C/c1ccc(O)c(O)c1)OC1CCCC(C(=O)N2CCCC2)C1.O=CO. The number of rotatable bonds is 5. The van der Waals surface area contributed by atoms with Crippen molar-refractivity contribution in [1.29, 1.82) is 0 Å². The highest BCUT2D eigenvalue weighted by molar-refractivity contribution is 5.87. The molecule has 2 aromatic carbocycles. The molecule has 0 aromatic heterocycles. The minimum atomic E-state index is -0.461. The molecule has 4 rings (SSSR count). The van der Waals surface area contributed by atoms with Gasteiger partial charge in [0.1, 0.15) is 6.10 Å². The molecule has 1 saturated carbocycles. The number of hydrogen-bond donors (Lipinski definition) is 6. The number of amides is 1. The van der Waals surface area contributed by atoms with Crippen LogP contribution in [0.1, 0.15) is 56.6 Å². The van der Waals surface area contributed by atoms with Crippen LogP contribution in [-0.4, -0.2) is 80.2 Å². The van der Waals surface area contributed by atoms with Gasteiger partial charge in [-0.1, -0.05) is 24.3 Å². The van der Waals surface area contributed by atoms with Crippen molar-refractivity contribution in [2.75, 3.05) is 20.2 Å². The molecule has 1 saturated heterocycles. The fourth-order valence-corrected chi connectivity index (χ4v) is 4.52. The molecule has 11 heteroatoms. The van der Waals surface area contributed by atoms with E-state index in [9.17, 15) is 19.8 Å². The van der Waals surface area contributed by atoms with Crippen LogP contribution >= 0.6 is 0 Å². The fraction of sp³-hybridized carbons (Fsp3) is 0.387. The number of carbonyl (C=O) groups excluding carboxylic acids is 2. The predicted molar refractivity (Wildman–Crippen MR) is 158 cm³/mol. The van der Waals surface area contributed by atoms with Gasteiger partial charge in [0.15, 0.2) is 23.0 Å². The van der Waals surface area contributed by atoms with E-state index in [1.807, 2.05) is 24.0 Å². The van der Waals surface area contributed by atoms with Crippen molar-refractivity contribution in [2.45, 2.75) is 51.6 Å². The molecule has 2 aliphatic rings. The first kappa shape index (κ1) is 35.5. The van der Waals surface area contributed by atoms with Gasteiger partial charge in [-0.25, -0.2) is 4.79 Å². The zero-order chi connectivity index (χ0) is 31.5. The molecule has 2 atom stereocenters. The van der Waals surface area contributed by atoms with Crippen molar-refractivity contribution in [3.63, 3.8) is 0 Å². The Morgan fingerprint density at radius 1 is 0.833 bits per heavy atom. The third-order valence-corrected chi connectivity index (χ3v) is 6.45. The number of likely N-dealkylation sites (tertiary alicyclic amines) is 1. The summed E-state index contributed by atoms with van der Waals surface area (Å²) in [4.78, 5) is 34.9. The Labute approximate surface area is 245 Å². The number of benzene rings is 2. The summed E-state index contributed by atoms with van der Waals surface area (Å²) < 4.78 is 5.50.